The third-order valence-electron chi connectivity index (χ3n) is 6.09. The Balaban J connectivity index is 1.77. The summed E-state index contributed by atoms with van der Waals surface area (Å²) in [5, 5.41) is 8.31. The third-order valence-corrected chi connectivity index (χ3v) is 6.09. The van der Waals surface area contributed by atoms with Crippen LogP contribution in [-0.4, -0.2) is 24.2 Å². The Hall–Kier alpha value is -3.80. The van der Waals surface area contributed by atoms with Crippen LogP contribution in [0.15, 0.2) is 82.0 Å². The normalized spacial score (nSPS) is 12.3. The standard InChI is InChI=1S/C33H44N4O2/c1-3-5-9-20-30(24-28-16-11-7-12-17-28)26-34-36-32(38)22-15-23-33(39)37-35-27-31(21-10-6-4-2)25-29-18-13-8-14-19-29/h7-8,11-14,16-19,24-27H,3-6,9-10,15,20-23H2,1-2H3,(H,36,38)(H,37,39)/b30-24-,31-25-,34-26+,35-27+. The first-order valence-corrected chi connectivity index (χ1v) is 14.3. The lowest BCUT2D eigenvalue weighted by Crippen LogP contribution is -2.20. The van der Waals surface area contributed by atoms with Gasteiger partial charge in [0.05, 0.1) is 12.4 Å². The zero-order valence-electron chi connectivity index (χ0n) is 23.6. The molecule has 2 aromatic rings. The van der Waals surface area contributed by atoms with Gasteiger partial charge in [0, 0.05) is 12.8 Å². The second-order valence-electron chi connectivity index (χ2n) is 9.61. The quantitative estimate of drug-likeness (QED) is 0.118. The van der Waals surface area contributed by atoms with Crippen molar-refractivity contribution in [2.24, 2.45) is 10.2 Å². The topological polar surface area (TPSA) is 82.9 Å². The number of nitrogens with one attached hydrogen (secondary N) is 2. The van der Waals surface area contributed by atoms with E-state index >= 15 is 0 Å². The molecule has 0 bridgehead atoms. The van der Waals surface area contributed by atoms with E-state index in [0.717, 1.165) is 73.6 Å². The number of benzene rings is 2. The van der Waals surface area contributed by atoms with Gasteiger partial charge in [-0.2, -0.15) is 10.2 Å². The average molecular weight is 529 g/mol. The molecule has 2 amide bonds. The lowest BCUT2D eigenvalue weighted by molar-refractivity contribution is -0.122. The van der Waals surface area contributed by atoms with Crippen LogP contribution in [0.3, 0.4) is 0 Å². The zero-order valence-corrected chi connectivity index (χ0v) is 23.6. The van der Waals surface area contributed by atoms with Crippen molar-refractivity contribution in [2.45, 2.75) is 84.5 Å². The highest BCUT2D eigenvalue weighted by Gasteiger charge is 2.05. The minimum atomic E-state index is -0.209. The molecule has 208 valence electrons. The van der Waals surface area contributed by atoms with Gasteiger partial charge in [0.2, 0.25) is 11.8 Å². The van der Waals surface area contributed by atoms with E-state index in [4.69, 9.17) is 0 Å². The van der Waals surface area contributed by atoms with Crippen LogP contribution in [0.5, 0.6) is 0 Å². The van der Waals surface area contributed by atoms with Gasteiger partial charge in [-0.15, -0.1) is 0 Å². The molecular weight excluding hydrogens is 484 g/mol. The Morgan fingerprint density at radius 1 is 0.590 bits per heavy atom. The molecule has 0 aliphatic carbocycles. The number of carbonyl (C=O) groups is 2. The van der Waals surface area contributed by atoms with Crippen LogP contribution in [0.4, 0.5) is 0 Å². The summed E-state index contributed by atoms with van der Waals surface area (Å²) in [5.74, 6) is -0.418. The number of carbonyl (C=O) groups excluding carboxylic acids is 2. The molecule has 2 N–H and O–H groups in total. The maximum absolute atomic E-state index is 12.2. The van der Waals surface area contributed by atoms with Crippen LogP contribution < -0.4 is 10.9 Å². The SMILES string of the molecule is CCCCCC(=C/c1ccccc1)/C=N/NC(=O)CCCC(=O)N/N=C/C(=C\c1ccccc1)CCCCC. The molecule has 2 rings (SSSR count). The van der Waals surface area contributed by atoms with Crippen LogP contribution in [-0.2, 0) is 9.59 Å². The van der Waals surface area contributed by atoms with Crippen molar-refractivity contribution in [3.05, 3.63) is 82.9 Å². The Morgan fingerprint density at radius 2 is 1.00 bits per heavy atom. The van der Waals surface area contributed by atoms with Crippen molar-refractivity contribution in [1.82, 2.24) is 10.9 Å². The maximum atomic E-state index is 12.2. The molecular formula is C33H44N4O2. The summed E-state index contributed by atoms with van der Waals surface area (Å²) in [6.45, 7) is 4.35. The van der Waals surface area contributed by atoms with E-state index in [2.05, 4.69) is 47.1 Å². The molecule has 6 heteroatoms. The van der Waals surface area contributed by atoms with Gasteiger partial charge in [-0.25, -0.2) is 10.9 Å². The van der Waals surface area contributed by atoms with Gasteiger partial charge in [0.15, 0.2) is 0 Å². The van der Waals surface area contributed by atoms with Crippen LogP contribution in [0, 0.1) is 0 Å². The Kier molecular flexibility index (Phi) is 16.3. The highest BCUT2D eigenvalue weighted by molar-refractivity contribution is 5.88. The van der Waals surface area contributed by atoms with Crippen molar-refractivity contribution in [3.63, 3.8) is 0 Å². The van der Waals surface area contributed by atoms with Crippen molar-refractivity contribution in [2.75, 3.05) is 0 Å². The number of hydrogen-bond donors (Lipinski definition) is 2. The fourth-order valence-corrected chi connectivity index (χ4v) is 3.93. The third kappa shape index (κ3) is 15.3. The van der Waals surface area contributed by atoms with Gasteiger partial charge in [-0.3, -0.25) is 9.59 Å². The van der Waals surface area contributed by atoms with Crippen LogP contribution in [0.2, 0.25) is 0 Å². The molecule has 0 radical (unpaired) electrons. The summed E-state index contributed by atoms with van der Waals surface area (Å²) < 4.78 is 0. The van der Waals surface area contributed by atoms with Crippen LogP contribution in [0.25, 0.3) is 12.2 Å². The lowest BCUT2D eigenvalue weighted by atomic mass is 10.1. The number of rotatable bonds is 18. The first kappa shape index (κ1) is 31.4. The minimum absolute atomic E-state index is 0.209. The number of hydrogen-bond acceptors (Lipinski definition) is 4. The summed E-state index contributed by atoms with van der Waals surface area (Å²) in [6.07, 6.45) is 17.1. The van der Waals surface area contributed by atoms with E-state index in [1.807, 2.05) is 60.7 Å². The summed E-state index contributed by atoms with van der Waals surface area (Å²) in [5.41, 5.74) is 9.54. The van der Waals surface area contributed by atoms with Gasteiger partial charge in [0.1, 0.15) is 0 Å². The second kappa shape index (κ2) is 20.2. The monoisotopic (exact) mass is 528 g/mol. The summed E-state index contributed by atoms with van der Waals surface area (Å²) in [7, 11) is 0. The lowest BCUT2D eigenvalue weighted by Gasteiger charge is -2.04. The number of hydrazone groups is 2. The fraction of sp³-hybridized carbons (Fsp3) is 0.394. The number of unbranched alkanes of at least 4 members (excludes halogenated alkanes) is 4. The zero-order chi connectivity index (χ0) is 28.0. The number of amides is 2. The Morgan fingerprint density at radius 3 is 1.38 bits per heavy atom. The molecule has 0 saturated heterocycles. The van der Waals surface area contributed by atoms with E-state index < -0.39 is 0 Å². The van der Waals surface area contributed by atoms with Gasteiger partial charge >= 0.3 is 0 Å². The number of nitrogens with zero attached hydrogens (tertiary/aromatic N) is 2. The van der Waals surface area contributed by atoms with Crippen LogP contribution in [0.1, 0.15) is 95.6 Å². The molecule has 2 aromatic carbocycles. The van der Waals surface area contributed by atoms with E-state index in [1.165, 1.54) is 0 Å². The van der Waals surface area contributed by atoms with Gasteiger partial charge in [-0.05, 0) is 54.4 Å². The highest BCUT2D eigenvalue weighted by Crippen LogP contribution is 2.13. The van der Waals surface area contributed by atoms with E-state index in [0.29, 0.717) is 6.42 Å². The van der Waals surface area contributed by atoms with Gasteiger partial charge in [0.25, 0.3) is 0 Å². The second-order valence-corrected chi connectivity index (χ2v) is 9.61. The molecule has 0 unspecified atom stereocenters. The predicted octanol–water partition coefficient (Wildman–Crippen LogP) is 7.69. The van der Waals surface area contributed by atoms with Crippen molar-refractivity contribution in [3.8, 4) is 0 Å². The van der Waals surface area contributed by atoms with Crippen molar-refractivity contribution >= 4 is 36.4 Å². The molecule has 0 saturated carbocycles. The fourth-order valence-electron chi connectivity index (χ4n) is 3.93. The molecule has 0 heterocycles. The van der Waals surface area contributed by atoms with E-state index in [-0.39, 0.29) is 24.7 Å². The summed E-state index contributed by atoms with van der Waals surface area (Å²) in [6, 6.07) is 20.2. The average Bonchev–Trinajstić information content (AvgIpc) is 2.94. The van der Waals surface area contributed by atoms with E-state index in [9.17, 15) is 9.59 Å². The minimum Gasteiger partial charge on any atom is -0.273 e. The molecule has 0 fully saturated rings. The number of allylic oxidation sites excluding steroid dienone is 2. The van der Waals surface area contributed by atoms with Gasteiger partial charge in [-0.1, -0.05) is 112 Å². The summed E-state index contributed by atoms with van der Waals surface area (Å²) >= 11 is 0. The first-order chi connectivity index (χ1) is 19.1. The Bertz CT molecular complexity index is 1000. The molecule has 0 spiro atoms. The molecule has 6 nitrogen and oxygen atoms in total. The van der Waals surface area contributed by atoms with Crippen LogP contribution >= 0.6 is 0 Å². The first-order valence-electron chi connectivity index (χ1n) is 14.3. The largest absolute Gasteiger partial charge is 0.273 e. The van der Waals surface area contributed by atoms with Crippen molar-refractivity contribution in [1.29, 1.82) is 0 Å². The molecule has 0 atom stereocenters. The molecule has 0 aromatic heterocycles. The molecule has 0 aliphatic rings. The van der Waals surface area contributed by atoms with E-state index in [1.54, 1.807) is 12.4 Å². The highest BCUT2D eigenvalue weighted by atomic mass is 16.2. The molecule has 0 aliphatic heterocycles. The summed E-state index contributed by atoms with van der Waals surface area (Å²) in [4.78, 5) is 24.4. The molecule has 39 heavy (non-hydrogen) atoms. The predicted molar refractivity (Wildman–Crippen MR) is 164 cm³/mol. The smallest absolute Gasteiger partial charge is 0.240 e. The maximum Gasteiger partial charge on any atom is 0.240 e. The van der Waals surface area contributed by atoms with Gasteiger partial charge < -0.3 is 0 Å². The Labute approximate surface area is 234 Å². The van der Waals surface area contributed by atoms with Crippen molar-refractivity contribution < 1.29 is 9.59 Å².